The van der Waals surface area contributed by atoms with Crippen molar-refractivity contribution in [2.24, 2.45) is 5.41 Å². The minimum absolute atomic E-state index is 0.00234. The van der Waals surface area contributed by atoms with E-state index in [1.54, 1.807) is 0 Å². The van der Waals surface area contributed by atoms with Crippen molar-refractivity contribution in [2.75, 3.05) is 30.9 Å². The van der Waals surface area contributed by atoms with Gasteiger partial charge in [0.2, 0.25) is 0 Å². The molecule has 0 radical (unpaired) electrons. The number of carbonyl (C=O) groups is 1. The fourth-order valence-electron chi connectivity index (χ4n) is 2.02. The Hall–Kier alpha value is -1.03. The molecule has 0 unspecified atom stereocenters. The summed E-state index contributed by atoms with van der Waals surface area (Å²) in [5.41, 5.74) is 1.96. The van der Waals surface area contributed by atoms with Gasteiger partial charge in [0.05, 0.1) is 0 Å². The van der Waals surface area contributed by atoms with E-state index in [4.69, 9.17) is 0 Å². The maximum Gasteiger partial charge on any atom is 0.251 e. The lowest BCUT2D eigenvalue weighted by Crippen LogP contribution is -2.38. The van der Waals surface area contributed by atoms with E-state index in [2.05, 4.69) is 35.1 Å². The van der Waals surface area contributed by atoms with Gasteiger partial charge < -0.3 is 10.2 Å². The fourth-order valence-corrected chi connectivity index (χ4v) is 3.01. The average Bonchev–Trinajstić information content (AvgIpc) is 2.49. The highest BCUT2D eigenvalue weighted by atomic mass is 79.9. The SMILES string of the molecule is CCC(CC)(CBr)CNC(=O)c1ccc(N(C)C)cc1. The van der Waals surface area contributed by atoms with Crippen molar-refractivity contribution in [3.8, 4) is 0 Å². The Kier molecular flexibility index (Phi) is 6.53. The topological polar surface area (TPSA) is 32.3 Å². The lowest BCUT2D eigenvalue weighted by molar-refractivity contribution is 0.0932. The molecule has 3 nitrogen and oxygen atoms in total. The van der Waals surface area contributed by atoms with Crippen molar-refractivity contribution >= 4 is 27.5 Å². The molecule has 0 spiro atoms. The predicted octanol–water partition coefficient (Wildman–Crippen LogP) is 3.68. The Morgan fingerprint density at radius 1 is 1.20 bits per heavy atom. The van der Waals surface area contributed by atoms with Gasteiger partial charge in [0.1, 0.15) is 0 Å². The number of benzene rings is 1. The van der Waals surface area contributed by atoms with E-state index in [9.17, 15) is 4.79 Å². The molecular weight excluding hydrogens is 316 g/mol. The third-order valence-electron chi connectivity index (χ3n) is 4.05. The zero-order valence-electron chi connectivity index (χ0n) is 12.9. The van der Waals surface area contributed by atoms with E-state index in [0.717, 1.165) is 23.9 Å². The Balaban J connectivity index is 2.67. The van der Waals surface area contributed by atoms with Gasteiger partial charge in [-0.25, -0.2) is 0 Å². The average molecular weight is 341 g/mol. The molecule has 1 amide bonds. The van der Waals surface area contributed by atoms with Gasteiger partial charge in [-0.3, -0.25) is 4.79 Å². The summed E-state index contributed by atoms with van der Waals surface area (Å²) in [5.74, 6) is 0.00234. The number of hydrogen-bond acceptors (Lipinski definition) is 2. The summed E-state index contributed by atoms with van der Waals surface area (Å²) in [5, 5.41) is 3.97. The number of amides is 1. The molecule has 20 heavy (non-hydrogen) atoms. The number of carbonyl (C=O) groups excluding carboxylic acids is 1. The largest absolute Gasteiger partial charge is 0.378 e. The van der Waals surface area contributed by atoms with Gasteiger partial charge in [0, 0.05) is 37.2 Å². The zero-order chi connectivity index (χ0) is 15.2. The molecular formula is C16H25BrN2O. The van der Waals surface area contributed by atoms with Gasteiger partial charge in [0.15, 0.2) is 0 Å². The second kappa shape index (κ2) is 7.67. The lowest BCUT2D eigenvalue weighted by atomic mass is 9.84. The van der Waals surface area contributed by atoms with Gasteiger partial charge in [-0.15, -0.1) is 0 Å². The summed E-state index contributed by atoms with van der Waals surface area (Å²) >= 11 is 3.57. The molecule has 1 aromatic rings. The van der Waals surface area contributed by atoms with Crippen molar-refractivity contribution in [2.45, 2.75) is 26.7 Å². The third-order valence-corrected chi connectivity index (χ3v) is 5.24. The summed E-state index contributed by atoms with van der Waals surface area (Å²) in [4.78, 5) is 14.2. The van der Waals surface area contributed by atoms with Crippen LogP contribution in [-0.2, 0) is 0 Å². The molecule has 112 valence electrons. The number of hydrogen-bond donors (Lipinski definition) is 1. The van der Waals surface area contributed by atoms with Crippen LogP contribution in [0.25, 0.3) is 0 Å². The van der Waals surface area contributed by atoms with Crippen LogP contribution < -0.4 is 10.2 Å². The number of anilines is 1. The van der Waals surface area contributed by atoms with Crippen LogP contribution in [0.1, 0.15) is 37.0 Å². The molecule has 0 aliphatic rings. The first kappa shape index (κ1) is 17.0. The van der Waals surface area contributed by atoms with Gasteiger partial charge in [-0.2, -0.15) is 0 Å². The molecule has 0 aromatic heterocycles. The fraction of sp³-hybridized carbons (Fsp3) is 0.562. The molecule has 1 aromatic carbocycles. The van der Waals surface area contributed by atoms with Crippen LogP contribution in [0.5, 0.6) is 0 Å². The van der Waals surface area contributed by atoms with Crippen molar-refractivity contribution < 1.29 is 4.79 Å². The highest BCUT2D eigenvalue weighted by Crippen LogP contribution is 2.27. The van der Waals surface area contributed by atoms with Crippen LogP contribution in [0, 0.1) is 5.41 Å². The van der Waals surface area contributed by atoms with Crippen LogP contribution in [0.3, 0.4) is 0 Å². The minimum atomic E-state index is 0.00234. The van der Waals surface area contributed by atoms with Crippen LogP contribution in [0.4, 0.5) is 5.69 Å². The molecule has 0 saturated heterocycles. The summed E-state index contributed by atoms with van der Waals surface area (Å²) in [6.07, 6.45) is 2.10. The monoisotopic (exact) mass is 340 g/mol. The zero-order valence-corrected chi connectivity index (χ0v) is 14.5. The van der Waals surface area contributed by atoms with Crippen molar-refractivity contribution in [1.29, 1.82) is 0 Å². The predicted molar refractivity (Wildman–Crippen MR) is 89.9 cm³/mol. The molecule has 0 aliphatic carbocycles. The summed E-state index contributed by atoms with van der Waals surface area (Å²) < 4.78 is 0. The van der Waals surface area contributed by atoms with E-state index in [1.807, 2.05) is 43.3 Å². The van der Waals surface area contributed by atoms with E-state index >= 15 is 0 Å². The Morgan fingerprint density at radius 2 is 1.75 bits per heavy atom. The Bertz CT molecular complexity index is 416. The van der Waals surface area contributed by atoms with E-state index in [0.29, 0.717) is 12.1 Å². The molecule has 0 bridgehead atoms. The first-order chi connectivity index (χ1) is 9.48. The standard InChI is InChI=1S/C16H25BrN2O/c1-5-16(6-2,11-17)12-18-15(20)13-7-9-14(10-8-13)19(3)4/h7-10H,5-6,11-12H2,1-4H3,(H,18,20). The third kappa shape index (κ3) is 4.23. The maximum atomic E-state index is 12.2. The molecule has 0 heterocycles. The van der Waals surface area contributed by atoms with Crippen LogP contribution >= 0.6 is 15.9 Å². The van der Waals surface area contributed by atoms with Gasteiger partial charge >= 0.3 is 0 Å². The first-order valence-electron chi connectivity index (χ1n) is 7.09. The highest BCUT2D eigenvalue weighted by molar-refractivity contribution is 9.09. The normalized spacial score (nSPS) is 11.2. The quantitative estimate of drug-likeness (QED) is 0.768. The second-order valence-electron chi connectivity index (χ2n) is 5.46. The Morgan fingerprint density at radius 3 is 2.15 bits per heavy atom. The van der Waals surface area contributed by atoms with Gasteiger partial charge in [-0.05, 0) is 42.5 Å². The van der Waals surface area contributed by atoms with Crippen LogP contribution in [-0.4, -0.2) is 31.9 Å². The number of rotatable bonds is 7. The van der Waals surface area contributed by atoms with Crippen LogP contribution in [0.2, 0.25) is 0 Å². The molecule has 0 atom stereocenters. The van der Waals surface area contributed by atoms with E-state index in [1.165, 1.54) is 0 Å². The van der Waals surface area contributed by atoms with Crippen LogP contribution in [0.15, 0.2) is 24.3 Å². The number of halogens is 1. The molecule has 1 rings (SSSR count). The van der Waals surface area contributed by atoms with Crippen molar-refractivity contribution in [3.05, 3.63) is 29.8 Å². The minimum Gasteiger partial charge on any atom is -0.378 e. The first-order valence-corrected chi connectivity index (χ1v) is 8.21. The Labute approximate surface area is 130 Å². The summed E-state index contributed by atoms with van der Waals surface area (Å²) in [6.45, 7) is 5.05. The molecule has 0 saturated carbocycles. The highest BCUT2D eigenvalue weighted by Gasteiger charge is 2.25. The molecule has 1 N–H and O–H groups in total. The summed E-state index contributed by atoms with van der Waals surface area (Å²) in [7, 11) is 3.98. The van der Waals surface area contributed by atoms with E-state index in [-0.39, 0.29) is 11.3 Å². The number of alkyl halides is 1. The van der Waals surface area contributed by atoms with Gasteiger partial charge in [-0.1, -0.05) is 29.8 Å². The summed E-state index contributed by atoms with van der Waals surface area (Å²) in [6, 6.07) is 7.68. The van der Waals surface area contributed by atoms with Gasteiger partial charge in [0.25, 0.3) is 5.91 Å². The number of nitrogens with zero attached hydrogens (tertiary/aromatic N) is 1. The lowest BCUT2D eigenvalue weighted by Gasteiger charge is -2.29. The molecule has 0 fully saturated rings. The smallest absolute Gasteiger partial charge is 0.251 e. The maximum absolute atomic E-state index is 12.2. The number of nitrogens with one attached hydrogen (secondary N) is 1. The van der Waals surface area contributed by atoms with Crippen molar-refractivity contribution in [3.63, 3.8) is 0 Å². The molecule has 4 heteroatoms. The van der Waals surface area contributed by atoms with Crippen molar-refractivity contribution in [1.82, 2.24) is 5.32 Å². The second-order valence-corrected chi connectivity index (χ2v) is 6.03. The van der Waals surface area contributed by atoms with E-state index < -0.39 is 0 Å². The molecule has 0 aliphatic heterocycles.